The minimum atomic E-state index is -5.27. The average molecular weight is 466 g/mol. The molecule has 1 atom stereocenters. The van der Waals surface area contributed by atoms with Crippen molar-refractivity contribution in [3.8, 4) is 0 Å². The second-order valence-electron chi connectivity index (χ2n) is 8.51. The van der Waals surface area contributed by atoms with E-state index in [1.807, 2.05) is 40.7 Å². The second kappa shape index (κ2) is 13.1. The predicted octanol–water partition coefficient (Wildman–Crippen LogP) is 5.87. The van der Waals surface area contributed by atoms with Gasteiger partial charge in [0, 0.05) is 13.0 Å². The number of hydrogen-bond acceptors (Lipinski definition) is 3. The van der Waals surface area contributed by atoms with Crippen LogP contribution in [0.1, 0.15) is 80.1 Å². The van der Waals surface area contributed by atoms with Crippen molar-refractivity contribution in [1.82, 2.24) is 0 Å². The molecule has 0 aromatic rings. The lowest BCUT2D eigenvalue weighted by molar-refractivity contribution is 0.0313. The quantitative estimate of drug-likeness (QED) is 0.186. The summed E-state index contributed by atoms with van der Waals surface area (Å²) in [6, 6.07) is 0. The molecule has 0 aliphatic heterocycles. The first kappa shape index (κ1) is 29.5. The maximum atomic E-state index is 12.2. The van der Waals surface area contributed by atoms with E-state index in [0.29, 0.717) is 12.8 Å². The van der Waals surface area contributed by atoms with E-state index < -0.39 is 26.7 Å². The molecule has 0 unspecified atom stereocenters. The van der Waals surface area contributed by atoms with Gasteiger partial charge in [0.25, 0.3) is 5.08 Å². The summed E-state index contributed by atoms with van der Waals surface area (Å²) < 4.78 is 29.7. The average Bonchev–Trinajstić information content (AvgIpc) is 2.54. The van der Waals surface area contributed by atoms with Crippen molar-refractivity contribution in [2.45, 2.75) is 85.2 Å². The lowest BCUT2D eigenvalue weighted by atomic mass is 10.0. The number of ether oxygens (including phenoxy) is 1. The Morgan fingerprint density at radius 2 is 1.37 bits per heavy atom. The molecule has 0 rings (SSSR count). The molecule has 0 fully saturated rings. The van der Waals surface area contributed by atoms with Crippen molar-refractivity contribution in [2.24, 2.45) is 5.92 Å². The first-order valence-electron chi connectivity index (χ1n) is 10.3. The summed E-state index contributed by atoms with van der Waals surface area (Å²) in [4.78, 5) is 39.4. The SMILES string of the molecule is CC(C)=CCC/C(C)=C/CC(OCC[C@@H](C)CCC=C(C)C)(P(=O)(O)O)P(=O)(O)O. The highest BCUT2D eigenvalue weighted by atomic mass is 31.2. The van der Waals surface area contributed by atoms with Crippen LogP contribution >= 0.6 is 15.2 Å². The zero-order valence-electron chi connectivity index (χ0n) is 19.2. The van der Waals surface area contributed by atoms with Gasteiger partial charge < -0.3 is 24.3 Å². The molecule has 0 aromatic carbocycles. The van der Waals surface area contributed by atoms with E-state index in [-0.39, 0.29) is 12.5 Å². The third-order valence-electron chi connectivity index (χ3n) is 4.87. The van der Waals surface area contributed by atoms with Gasteiger partial charge in [0.05, 0.1) is 0 Å². The maximum absolute atomic E-state index is 12.2. The van der Waals surface area contributed by atoms with Gasteiger partial charge in [-0.05, 0) is 72.6 Å². The van der Waals surface area contributed by atoms with Gasteiger partial charge in [-0.25, -0.2) is 0 Å². The fourth-order valence-electron chi connectivity index (χ4n) is 2.86. The molecule has 0 heterocycles. The van der Waals surface area contributed by atoms with E-state index in [1.54, 1.807) is 6.92 Å². The van der Waals surface area contributed by atoms with Crippen LogP contribution in [0.25, 0.3) is 0 Å². The largest absolute Gasteiger partial charge is 0.370 e. The maximum Gasteiger partial charge on any atom is 0.370 e. The van der Waals surface area contributed by atoms with Crippen LogP contribution in [0.15, 0.2) is 34.9 Å². The molecule has 0 saturated heterocycles. The van der Waals surface area contributed by atoms with Crippen LogP contribution in [0.5, 0.6) is 0 Å². The van der Waals surface area contributed by atoms with Crippen molar-refractivity contribution >= 4 is 15.2 Å². The molecule has 0 spiro atoms. The van der Waals surface area contributed by atoms with Gasteiger partial charge in [-0.1, -0.05) is 41.9 Å². The Hall–Kier alpha value is -0.520. The predicted molar refractivity (Wildman–Crippen MR) is 122 cm³/mol. The first-order valence-corrected chi connectivity index (χ1v) is 13.5. The highest BCUT2D eigenvalue weighted by Gasteiger charge is 2.61. The van der Waals surface area contributed by atoms with Crippen molar-refractivity contribution < 1.29 is 33.4 Å². The van der Waals surface area contributed by atoms with E-state index >= 15 is 0 Å². The molecular weight excluding hydrogens is 426 g/mol. The molecule has 0 aliphatic rings. The highest BCUT2D eigenvalue weighted by Crippen LogP contribution is 2.71. The van der Waals surface area contributed by atoms with E-state index in [2.05, 4.69) is 6.08 Å². The number of allylic oxidation sites excluding steroid dienone is 5. The van der Waals surface area contributed by atoms with Crippen molar-refractivity contribution in [3.05, 3.63) is 34.9 Å². The molecular formula is C21H40O7P2. The minimum Gasteiger partial charge on any atom is -0.352 e. The summed E-state index contributed by atoms with van der Waals surface area (Å²) in [5.41, 5.74) is 3.16. The van der Waals surface area contributed by atoms with Gasteiger partial charge in [-0.2, -0.15) is 0 Å². The van der Waals surface area contributed by atoms with Crippen LogP contribution in [0.4, 0.5) is 0 Å². The second-order valence-corrected chi connectivity index (χ2v) is 12.5. The van der Waals surface area contributed by atoms with Gasteiger partial charge in [0.15, 0.2) is 0 Å². The van der Waals surface area contributed by atoms with Crippen LogP contribution in [-0.2, 0) is 13.9 Å². The topological polar surface area (TPSA) is 124 Å². The lowest BCUT2D eigenvalue weighted by Gasteiger charge is -2.34. The summed E-state index contributed by atoms with van der Waals surface area (Å²) in [6.07, 6.45) is 8.61. The Balaban J connectivity index is 5.33. The molecule has 0 aliphatic carbocycles. The first-order chi connectivity index (χ1) is 13.6. The summed E-state index contributed by atoms with van der Waals surface area (Å²) in [6.45, 7) is 11.6. The number of rotatable bonds is 14. The molecule has 7 nitrogen and oxygen atoms in total. The van der Waals surface area contributed by atoms with E-state index in [9.17, 15) is 28.7 Å². The Morgan fingerprint density at radius 1 is 0.867 bits per heavy atom. The van der Waals surface area contributed by atoms with E-state index in [4.69, 9.17) is 4.74 Å². The van der Waals surface area contributed by atoms with Crippen LogP contribution < -0.4 is 0 Å². The monoisotopic (exact) mass is 466 g/mol. The van der Waals surface area contributed by atoms with Crippen LogP contribution in [-0.4, -0.2) is 31.3 Å². The standard InChI is InChI=1S/C21H40O7P2/c1-17(2)9-7-11-19(5)13-15-21(29(22,23)24,30(25,26)27)28-16-14-20(6)12-8-10-18(3)4/h9-10,13,20H,7-8,11-12,14-16H2,1-6H3,(H2,22,23,24)(H2,25,26,27)/b19-13+/t20-/m0/s1. The van der Waals surface area contributed by atoms with Gasteiger partial charge in [-0.3, -0.25) is 9.13 Å². The molecule has 9 heteroatoms. The van der Waals surface area contributed by atoms with Crippen molar-refractivity contribution in [2.75, 3.05) is 6.61 Å². The zero-order valence-corrected chi connectivity index (χ0v) is 21.0. The summed E-state index contributed by atoms with van der Waals surface area (Å²) in [5.74, 6) is 0.188. The minimum absolute atomic E-state index is 0.142. The lowest BCUT2D eigenvalue weighted by Crippen LogP contribution is -2.33. The fourth-order valence-corrected chi connectivity index (χ4v) is 5.39. The molecule has 30 heavy (non-hydrogen) atoms. The molecule has 0 radical (unpaired) electrons. The van der Waals surface area contributed by atoms with Crippen LogP contribution in [0.3, 0.4) is 0 Å². The third-order valence-corrected chi connectivity index (χ3v) is 8.88. The van der Waals surface area contributed by atoms with E-state index in [1.165, 1.54) is 11.6 Å². The van der Waals surface area contributed by atoms with Crippen LogP contribution in [0.2, 0.25) is 0 Å². The molecule has 0 amide bonds. The smallest absolute Gasteiger partial charge is 0.352 e. The summed E-state index contributed by atoms with van der Waals surface area (Å²) in [5, 5.41) is -2.85. The van der Waals surface area contributed by atoms with E-state index in [0.717, 1.165) is 30.4 Å². The van der Waals surface area contributed by atoms with Gasteiger partial charge >= 0.3 is 15.2 Å². The van der Waals surface area contributed by atoms with Crippen molar-refractivity contribution in [3.63, 3.8) is 0 Å². The Labute approximate surface area is 181 Å². The molecule has 4 N–H and O–H groups in total. The molecule has 0 saturated carbocycles. The Morgan fingerprint density at radius 3 is 1.83 bits per heavy atom. The van der Waals surface area contributed by atoms with Gasteiger partial charge in [0.2, 0.25) is 0 Å². The molecule has 0 aromatic heterocycles. The Kier molecular flexibility index (Phi) is 12.9. The van der Waals surface area contributed by atoms with Gasteiger partial charge in [0.1, 0.15) is 0 Å². The zero-order chi connectivity index (χ0) is 23.6. The normalized spacial score (nSPS) is 14.4. The number of hydrogen-bond donors (Lipinski definition) is 4. The molecule has 0 bridgehead atoms. The summed E-state index contributed by atoms with van der Waals surface area (Å²) in [7, 11) is -10.5. The van der Waals surface area contributed by atoms with Crippen LogP contribution in [0, 0.1) is 5.92 Å². The van der Waals surface area contributed by atoms with Gasteiger partial charge in [-0.15, -0.1) is 0 Å². The third kappa shape index (κ3) is 10.7. The summed E-state index contributed by atoms with van der Waals surface area (Å²) >= 11 is 0. The Bertz CT molecular complexity index is 683. The fraction of sp³-hybridized carbons (Fsp3) is 0.714. The molecule has 176 valence electrons. The highest BCUT2D eigenvalue weighted by molar-refractivity contribution is 7.72. The van der Waals surface area contributed by atoms with Crippen molar-refractivity contribution in [1.29, 1.82) is 0 Å².